The maximum absolute atomic E-state index is 12.7. The molecule has 0 radical (unpaired) electrons. The number of nitrogens with one attached hydrogen (secondary N) is 5. The Bertz CT molecular complexity index is 4900. The lowest BCUT2D eigenvalue weighted by Crippen LogP contribution is -2.36. The van der Waals surface area contributed by atoms with Gasteiger partial charge in [0.05, 0.1) is 113 Å². The number of nitriles is 4. The Kier molecular flexibility index (Phi) is 35.4. The molecule has 0 aliphatic carbocycles. The van der Waals surface area contributed by atoms with Gasteiger partial charge < -0.3 is 71.1 Å². The Morgan fingerprint density at radius 2 is 0.922 bits per heavy atom. The van der Waals surface area contributed by atoms with Crippen molar-refractivity contribution >= 4 is 85.2 Å². The lowest BCUT2D eigenvalue weighted by Gasteiger charge is -2.23. The standard InChI is InChI=1S/C22H25N6O4P.C21H25N4O5P.C16H23N6O4P.C15H22N3O5P/c1-3-16-12-17(32-33(2)30-11-7-10-23)22(31-16)28-14-26-18-19(24-13-25-20(18)28)27-21(29)15-8-5-4-6-9-15;1-3-16-14-17(30-31(2)28-13-7-11-22)20(29-16)25-12-10-18(24-21(25)27)23-19(26)15-8-5-4-6-9-15;1-4-10-8-11(26-27(3)24-7-5-6-17)15(25-10)22-9-19-12-13(22)20-16(18-2)21-14(12)23;1-4-11-8-12(23-24(3)21-7-5-6-16)14(22-11)18-9-10(2)13(19)17-15(18)20/h4-6,8-9,13-14,16-17,22H,3,7,11-12H2,1-2H3,(H,24,25,27,29);4-6,8-10,12,16-17,20H,3,7,13-14H2,1-2H3,(H,23,24,26,27);9-11,15H,4-5,7-8H2,1-3H3,(H2,18,20,21,23);9,11-12,14H,4-5,7-8H2,1-3H3,(H,17,19,20)/t16-,17?,22-,33?;16-,17?,20-,31?;10-,11?,15-,27?;11-,12?,14-,24?/m1111/s1. The van der Waals surface area contributed by atoms with E-state index < -0.39 is 75.4 Å². The quantitative estimate of drug-likeness (QED) is 0.0188. The summed E-state index contributed by atoms with van der Waals surface area (Å²) in [6, 6.07) is 27.3. The predicted molar refractivity (Wildman–Crippen MR) is 427 cm³/mol. The van der Waals surface area contributed by atoms with Crippen LogP contribution in [-0.2, 0) is 55.1 Å². The molecule has 2 aromatic carbocycles. The van der Waals surface area contributed by atoms with E-state index in [0.29, 0.717) is 117 Å². The highest BCUT2D eigenvalue weighted by Gasteiger charge is 2.43. The number of anilines is 3. The molecule has 8 unspecified atom stereocenters. The summed E-state index contributed by atoms with van der Waals surface area (Å²) in [5.74, 6) is 0.221. The first-order valence-corrected chi connectivity index (χ1v) is 43.8. The number of rotatable bonds is 33. The van der Waals surface area contributed by atoms with E-state index in [1.807, 2.05) is 75.4 Å². The summed E-state index contributed by atoms with van der Waals surface area (Å²) in [5.41, 5.74) is 1.32. The van der Waals surface area contributed by atoms with E-state index in [1.165, 1.54) is 21.7 Å². The highest BCUT2D eigenvalue weighted by molar-refractivity contribution is 7.47. The fraction of sp³-hybridized carbons (Fsp3) is 0.514. The summed E-state index contributed by atoms with van der Waals surface area (Å²) in [7, 11) is -3.05. The maximum Gasteiger partial charge on any atom is 0.351 e. The molecular formula is C74H95N19O18P4. The van der Waals surface area contributed by atoms with Gasteiger partial charge in [-0.3, -0.25) is 47.4 Å². The molecule has 4 aliphatic heterocycles. The number of carbonyl (C=O) groups is 2. The topological polar surface area (TPSA) is 473 Å². The monoisotopic (exact) mass is 1660 g/mol. The Morgan fingerprint density at radius 3 is 1.34 bits per heavy atom. The first-order chi connectivity index (χ1) is 55.6. The molecule has 115 heavy (non-hydrogen) atoms. The van der Waals surface area contributed by atoms with Crippen molar-refractivity contribution in [2.45, 2.75) is 185 Å². The zero-order valence-electron chi connectivity index (χ0n) is 65.4. The molecule has 6 aromatic heterocycles. The van der Waals surface area contributed by atoms with Gasteiger partial charge in [-0.2, -0.15) is 31.0 Å². The van der Waals surface area contributed by atoms with Gasteiger partial charge in [0.15, 0.2) is 86.6 Å². The van der Waals surface area contributed by atoms with E-state index in [1.54, 1.807) is 92.0 Å². The molecule has 10 heterocycles. The number of ether oxygens (including phenoxy) is 4. The van der Waals surface area contributed by atoms with E-state index in [4.69, 9.17) is 76.2 Å². The van der Waals surface area contributed by atoms with Gasteiger partial charge in [-0.05, 0) is 62.9 Å². The number of nitrogens with zero attached hydrogens (tertiary/aromatic N) is 14. The average Bonchev–Trinajstić information content (AvgIpc) is 1.64. The molecule has 614 valence electrons. The van der Waals surface area contributed by atoms with Crippen LogP contribution in [0.5, 0.6) is 0 Å². The first-order valence-electron chi connectivity index (χ1n) is 37.3. The summed E-state index contributed by atoms with van der Waals surface area (Å²) < 4.78 is 77.1. The predicted octanol–water partition coefficient (Wildman–Crippen LogP) is 11.4. The number of aryl methyl sites for hydroxylation is 1. The van der Waals surface area contributed by atoms with Gasteiger partial charge in [0, 0.05) is 88.5 Å². The molecule has 4 fully saturated rings. The fourth-order valence-electron chi connectivity index (χ4n) is 12.4. The zero-order valence-corrected chi connectivity index (χ0v) is 69.0. The van der Waals surface area contributed by atoms with Crippen LogP contribution in [0.1, 0.15) is 156 Å². The number of fused-ring (bicyclic) bond motifs is 2. The molecule has 37 nitrogen and oxygen atoms in total. The van der Waals surface area contributed by atoms with Crippen LogP contribution >= 0.6 is 33.5 Å². The van der Waals surface area contributed by atoms with Gasteiger partial charge in [0.2, 0.25) is 5.95 Å². The molecule has 16 atom stereocenters. The lowest BCUT2D eigenvalue weighted by molar-refractivity contribution is -0.0344. The van der Waals surface area contributed by atoms with Crippen LogP contribution in [-0.4, -0.2) is 179 Å². The summed E-state index contributed by atoms with van der Waals surface area (Å²) in [6.07, 6.45) is 11.3. The van der Waals surface area contributed by atoms with Gasteiger partial charge in [-0.15, -0.1) is 0 Å². The Hall–Kier alpha value is -9.16. The van der Waals surface area contributed by atoms with Crippen molar-refractivity contribution in [1.82, 2.24) is 58.1 Å². The van der Waals surface area contributed by atoms with Crippen molar-refractivity contribution in [2.75, 3.05) is 76.1 Å². The molecule has 2 amide bonds. The average molecular weight is 1660 g/mol. The Morgan fingerprint density at radius 1 is 0.513 bits per heavy atom. The van der Waals surface area contributed by atoms with E-state index in [-0.39, 0.29) is 84.0 Å². The van der Waals surface area contributed by atoms with Gasteiger partial charge in [0.25, 0.3) is 22.9 Å². The minimum Gasteiger partial charge on any atom is -0.359 e. The number of hydrogen-bond donors (Lipinski definition) is 5. The van der Waals surface area contributed by atoms with Crippen molar-refractivity contribution in [3.8, 4) is 24.3 Å². The second kappa shape index (κ2) is 45.4. The number of carbonyl (C=O) groups excluding carboxylic acids is 2. The molecular weight excluding hydrogens is 1570 g/mol. The minimum atomic E-state index is -1.22. The van der Waals surface area contributed by atoms with Crippen molar-refractivity contribution in [3.05, 3.63) is 156 Å². The normalized spacial score (nSPS) is 22.5. The van der Waals surface area contributed by atoms with Gasteiger partial charge >= 0.3 is 11.4 Å². The van der Waals surface area contributed by atoms with Crippen LogP contribution in [0.25, 0.3) is 22.3 Å². The minimum absolute atomic E-state index is 0.0263. The Balaban J connectivity index is 0.000000177. The summed E-state index contributed by atoms with van der Waals surface area (Å²) in [4.78, 5) is 104. The number of amides is 2. The smallest absolute Gasteiger partial charge is 0.351 e. The van der Waals surface area contributed by atoms with Gasteiger partial charge in [0.1, 0.15) is 36.6 Å². The third-order valence-electron chi connectivity index (χ3n) is 18.1. The third kappa shape index (κ3) is 25.2. The van der Waals surface area contributed by atoms with E-state index >= 15 is 0 Å². The summed E-state index contributed by atoms with van der Waals surface area (Å²) in [6.45, 7) is 18.4. The number of H-pyrrole nitrogens is 2. The highest BCUT2D eigenvalue weighted by atomic mass is 31.2. The van der Waals surface area contributed by atoms with Crippen LogP contribution in [0.2, 0.25) is 0 Å². The van der Waals surface area contributed by atoms with Gasteiger partial charge in [-0.25, -0.2) is 29.5 Å². The van der Waals surface area contributed by atoms with Crippen LogP contribution in [0.3, 0.4) is 0 Å². The fourth-order valence-corrected chi connectivity index (χ4v) is 16.3. The molecule has 4 saturated heterocycles. The van der Waals surface area contributed by atoms with Crippen molar-refractivity contribution < 1.29 is 64.7 Å². The first kappa shape index (κ1) is 89.8. The lowest BCUT2D eigenvalue weighted by atomic mass is 10.1. The zero-order chi connectivity index (χ0) is 82.5. The molecule has 0 bridgehead atoms. The van der Waals surface area contributed by atoms with E-state index in [0.717, 1.165) is 25.7 Å². The summed E-state index contributed by atoms with van der Waals surface area (Å²) >= 11 is 0. The molecule has 0 spiro atoms. The second-order valence-electron chi connectivity index (χ2n) is 26.1. The molecule has 0 saturated carbocycles. The molecule has 12 rings (SSSR count). The Labute approximate surface area is 668 Å². The number of benzene rings is 2. The molecule has 4 aliphatic rings. The van der Waals surface area contributed by atoms with Crippen LogP contribution in [0.4, 0.5) is 17.6 Å². The largest absolute Gasteiger partial charge is 0.359 e. The van der Waals surface area contributed by atoms with Crippen molar-refractivity contribution in [2.24, 2.45) is 0 Å². The third-order valence-corrected chi connectivity index (χ3v) is 22.6. The number of aromatic amines is 2. The van der Waals surface area contributed by atoms with Crippen LogP contribution < -0.4 is 38.4 Å². The molecule has 8 aromatic rings. The second-order valence-corrected chi connectivity index (χ2v) is 31.5. The molecule has 41 heteroatoms. The van der Waals surface area contributed by atoms with E-state index in [9.17, 15) is 28.8 Å². The van der Waals surface area contributed by atoms with Crippen molar-refractivity contribution in [1.29, 1.82) is 21.0 Å². The SMILES string of the molecule is CC[C@@H]1CC(OP(C)OCCC#N)[C@H](n2cc(C)c(=O)[nH]c2=O)O1.CC[C@@H]1CC(OP(C)OCCC#N)[C@H](n2ccc(NC(=O)c3ccccc3)nc2=O)O1.CC[C@@H]1CC(OP(C)OCCC#N)[C@H](n2cnc3c(=O)[nH]c(NC)nc32)O1.CC[C@@H]1CC(OP(C)OCCC#N)[C@H](n2cnc3c(NC(=O)c4ccccc4)ncnc32)O1. The number of hydrogen-bond acceptors (Lipinski definition) is 29. The van der Waals surface area contributed by atoms with Crippen LogP contribution in [0, 0.1) is 52.2 Å². The summed E-state index contributed by atoms with van der Waals surface area (Å²) in [5, 5.41) is 42.8. The molecule has 5 N–H and O–H groups in total. The number of imidazole rings is 2. The van der Waals surface area contributed by atoms with E-state index in [2.05, 4.69) is 75.7 Å². The number of aromatic nitrogens is 12. The maximum atomic E-state index is 12.7. The van der Waals surface area contributed by atoms with Crippen molar-refractivity contribution in [3.63, 3.8) is 0 Å². The van der Waals surface area contributed by atoms with Crippen LogP contribution in [0.15, 0.2) is 117 Å². The highest BCUT2D eigenvalue weighted by Crippen LogP contribution is 2.48. The van der Waals surface area contributed by atoms with Gasteiger partial charge in [-0.1, -0.05) is 64.1 Å².